The van der Waals surface area contributed by atoms with E-state index in [-0.39, 0.29) is 17.9 Å². The largest absolute Gasteiger partial charge is 0.374 e. The van der Waals surface area contributed by atoms with Crippen LogP contribution in [0.3, 0.4) is 0 Å². The Hall–Kier alpha value is -2.18. The predicted octanol–water partition coefficient (Wildman–Crippen LogP) is 3.11. The molecule has 0 spiro atoms. The van der Waals surface area contributed by atoms with Gasteiger partial charge >= 0.3 is 0 Å². The van der Waals surface area contributed by atoms with Gasteiger partial charge in [0.25, 0.3) is 5.91 Å². The molecule has 0 radical (unpaired) electrons. The van der Waals surface area contributed by atoms with E-state index in [1.165, 1.54) is 11.3 Å². The molecule has 0 fully saturated rings. The highest BCUT2D eigenvalue weighted by Crippen LogP contribution is 2.11. The van der Waals surface area contributed by atoms with Crippen molar-refractivity contribution < 1.29 is 14.3 Å². The molecule has 1 aromatic carbocycles. The average molecular weight is 360 g/mol. The van der Waals surface area contributed by atoms with Crippen molar-refractivity contribution in [3.05, 3.63) is 57.8 Å². The van der Waals surface area contributed by atoms with Gasteiger partial charge in [0.2, 0.25) is 5.91 Å². The molecule has 2 aromatic rings. The van der Waals surface area contributed by atoms with Gasteiger partial charge in [0.1, 0.15) is 6.04 Å². The Labute approximate surface area is 152 Å². The Morgan fingerprint density at radius 3 is 2.44 bits per heavy atom. The Morgan fingerprint density at radius 1 is 1.08 bits per heavy atom. The first-order chi connectivity index (χ1) is 12.0. The van der Waals surface area contributed by atoms with Gasteiger partial charge in [-0.25, -0.2) is 0 Å². The number of hydrogen-bond acceptors (Lipinski definition) is 4. The lowest BCUT2D eigenvalue weighted by molar-refractivity contribution is -0.122. The van der Waals surface area contributed by atoms with Crippen LogP contribution in [0.2, 0.25) is 0 Å². The number of ether oxygens (including phenoxy) is 1. The minimum atomic E-state index is -0.603. The van der Waals surface area contributed by atoms with Crippen molar-refractivity contribution in [1.82, 2.24) is 10.6 Å². The standard InChI is InChI=1S/C19H24N2O3S/c1-13(2)24-12-16-8-5-4-7-15(16)11-20-18(22)14(3)21-19(23)17-9-6-10-25-17/h4-10,13-14H,11-12H2,1-3H3,(H,20,22)(H,21,23). The second kappa shape index (κ2) is 9.34. The molecule has 5 nitrogen and oxygen atoms in total. The summed E-state index contributed by atoms with van der Waals surface area (Å²) in [5.74, 6) is -0.451. The van der Waals surface area contributed by atoms with E-state index in [0.29, 0.717) is 18.0 Å². The zero-order chi connectivity index (χ0) is 18.2. The Balaban J connectivity index is 1.88. The summed E-state index contributed by atoms with van der Waals surface area (Å²) < 4.78 is 5.65. The molecule has 6 heteroatoms. The minimum absolute atomic E-state index is 0.148. The molecule has 2 rings (SSSR count). The molecule has 0 bridgehead atoms. The van der Waals surface area contributed by atoms with E-state index in [1.54, 1.807) is 19.1 Å². The third kappa shape index (κ3) is 5.99. The minimum Gasteiger partial charge on any atom is -0.374 e. The topological polar surface area (TPSA) is 67.4 Å². The smallest absolute Gasteiger partial charge is 0.261 e. The van der Waals surface area contributed by atoms with Crippen LogP contribution in [-0.2, 0) is 22.7 Å². The maximum atomic E-state index is 12.2. The molecular weight excluding hydrogens is 336 g/mol. The van der Waals surface area contributed by atoms with Crippen molar-refractivity contribution in [2.24, 2.45) is 0 Å². The highest BCUT2D eigenvalue weighted by molar-refractivity contribution is 7.12. The maximum absolute atomic E-state index is 12.2. The lowest BCUT2D eigenvalue weighted by Gasteiger charge is -2.16. The highest BCUT2D eigenvalue weighted by atomic mass is 32.1. The first-order valence-electron chi connectivity index (χ1n) is 8.28. The monoisotopic (exact) mass is 360 g/mol. The Morgan fingerprint density at radius 2 is 1.80 bits per heavy atom. The van der Waals surface area contributed by atoms with E-state index in [1.807, 2.05) is 43.5 Å². The molecule has 134 valence electrons. The summed E-state index contributed by atoms with van der Waals surface area (Å²) in [4.78, 5) is 24.8. The van der Waals surface area contributed by atoms with Crippen molar-refractivity contribution in [2.75, 3.05) is 0 Å². The second-order valence-corrected chi connectivity index (χ2v) is 6.97. The molecule has 0 aliphatic heterocycles. The van der Waals surface area contributed by atoms with Crippen LogP contribution < -0.4 is 10.6 Å². The van der Waals surface area contributed by atoms with Crippen LogP contribution in [0, 0.1) is 0 Å². The molecule has 0 aliphatic rings. The summed E-state index contributed by atoms with van der Waals surface area (Å²) in [5.41, 5.74) is 2.06. The summed E-state index contributed by atoms with van der Waals surface area (Å²) in [7, 11) is 0. The second-order valence-electron chi connectivity index (χ2n) is 6.02. The fourth-order valence-corrected chi connectivity index (χ4v) is 2.83. The van der Waals surface area contributed by atoms with Crippen LogP contribution in [0.4, 0.5) is 0 Å². The van der Waals surface area contributed by atoms with Crippen LogP contribution in [0.25, 0.3) is 0 Å². The zero-order valence-electron chi connectivity index (χ0n) is 14.7. The normalized spacial score (nSPS) is 12.0. The summed E-state index contributed by atoms with van der Waals surface area (Å²) in [5, 5.41) is 7.41. The number of benzene rings is 1. The van der Waals surface area contributed by atoms with E-state index in [4.69, 9.17) is 4.74 Å². The molecule has 1 atom stereocenters. The first-order valence-corrected chi connectivity index (χ1v) is 9.15. The van der Waals surface area contributed by atoms with E-state index in [9.17, 15) is 9.59 Å². The van der Waals surface area contributed by atoms with Crippen molar-refractivity contribution in [3.8, 4) is 0 Å². The average Bonchev–Trinajstić information content (AvgIpc) is 3.13. The van der Waals surface area contributed by atoms with Crippen LogP contribution in [0.15, 0.2) is 41.8 Å². The number of amides is 2. The van der Waals surface area contributed by atoms with Crippen LogP contribution >= 0.6 is 11.3 Å². The van der Waals surface area contributed by atoms with Gasteiger partial charge < -0.3 is 15.4 Å². The van der Waals surface area contributed by atoms with E-state index < -0.39 is 6.04 Å². The van der Waals surface area contributed by atoms with Gasteiger partial charge in [-0.3, -0.25) is 9.59 Å². The van der Waals surface area contributed by atoms with Gasteiger partial charge in [-0.15, -0.1) is 11.3 Å². The molecule has 0 saturated heterocycles. The maximum Gasteiger partial charge on any atom is 0.261 e. The van der Waals surface area contributed by atoms with E-state index in [2.05, 4.69) is 10.6 Å². The van der Waals surface area contributed by atoms with Crippen molar-refractivity contribution in [2.45, 2.75) is 46.1 Å². The number of carbonyl (C=O) groups excluding carboxylic acids is 2. The van der Waals surface area contributed by atoms with Gasteiger partial charge in [0, 0.05) is 6.54 Å². The number of hydrogen-bond donors (Lipinski definition) is 2. The van der Waals surface area contributed by atoms with Gasteiger partial charge in [-0.1, -0.05) is 30.3 Å². The number of rotatable bonds is 8. The SMILES string of the molecule is CC(C)OCc1ccccc1CNC(=O)C(C)NC(=O)c1cccs1. The van der Waals surface area contributed by atoms with Crippen molar-refractivity contribution in [1.29, 1.82) is 0 Å². The van der Waals surface area contributed by atoms with Crippen LogP contribution in [0.1, 0.15) is 41.6 Å². The van der Waals surface area contributed by atoms with Crippen molar-refractivity contribution >= 4 is 23.2 Å². The van der Waals surface area contributed by atoms with Gasteiger partial charge in [-0.2, -0.15) is 0 Å². The van der Waals surface area contributed by atoms with Gasteiger partial charge in [-0.05, 0) is 43.3 Å². The third-order valence-corrected chi connectivity index (χ3v) is 4.50. The number of nitrogens with one attached hydrogen (secondary N) is 2. The summed E-state index contributed by atoms with van der Waals surface area (Å²) in [6.07, 6.45) is 0.148. The Kier molecular flexibility index (Phi) is 7.16. The summed E-state index contributed by atoms with van der Waals surface area (Å²) >= 11 is 1.35. The quantitative estimate of drug-likeness (QED) is 0.760. The zero-order valence-corrected chi connectivity index (χ0v) is 15.6. The number of thiophene rings is 1. The molecule has 25 heavy (non-hydrogen) atoms. The summed E-state index contributed by atoms with van der Waals surface area (Å²) in [6, 6.07) is 10.8. The third-order valence-electron chi connectivity index (χ3n) is 3.63. The molecule has 0 saturated carbocycles. The highest BCUT2D eigenvalue weighted by Gasteiger charge is 2.17. The summed E-state index contributed by atoms with van der Waals surface area (Å²) in [6.45, 7) is 6.56. The molecule has 1 unspecified atom stereocenters. The van der Waals surface area contributed by atoms with Gasteiger partial charge in [0.05, 0.1) is 17.6 Å². The number of carbonyl (C=O) groups is 2. The fraction of sp³-hybridized carbons (Fsp3) is 0.368. The van der Waals surface area contributed by atoms with Gasteiger partial charge in [0.15, 0.2) is 0 Å². The fourth-order valence-electron chi connectivity index (χ4n) is 2.20. The molecule has 0 aliphatic carbocycles. The van der Waals surface area contributed by atoms with E-state index in [0.717, 1.165) is 11.1 Å². The van der Waals surface area contributed by atoms with Crippen molar-refractivity contribution in [3.63, 3.8) is 0 Å². The first kappa shape index (κ1) is 19.1. The predicted molar refractivity (Wildman–Crippen MR) is 99.5 cm³/mol. The lowest BCUT2D eigenvalue weighted by atomic mass is 10.1. The molecule has 2 N–H and O–H groups in total. The molecule has 2 amide bonds. The molecular formula is C19H24N2O3S. The molecule has 1 heterocycles. The Bertz CT molecular complexity index is 698. The lowest BCUT2D eigenvalue weighted by Crippen LogP contribution is -2.44. The van der Waals surface area contributed by atoms with Crippen LogP contribution in [-0.4, -0.2) is 24.0 Å². The van der Waals surface area contributed by atoms with E-state index >= 15 is 0 Å². The van der Waals surface area contributed by atoms with Crippen LogP contribution in [0.5, 0.6) is 0 Å². The molecule has 1 aromatic heterocycles.